The number of hydrogen-bond donors (Lipinski definition) is 2. The third-order valence-corrected chi connectivity index (χ3v) is 5.86. The molecule has 5 nitrogen and oxygen atoms in total. The molecule has 0 atom stereocenters. The maximum Gasteiger partial charge on any atom is 0.261 e. The topological polar surface area (TPSA) is 75.3 Å². The fraction of sp³-hybridized carbons (Fsp3) is 0.316. The number of carbonyl (C=O) groups excluding carboxylic acids is 1. The molecule has 1 fully saturated rings. The van der Waals surface area contributed by atoms with Crippen LogP contribution < -0.4 is 10.0 Å². The van der Waals surface area contributed by atoms with Crippen LogP contribution in [-0.2, 0) is 10.0 Å². The molecule has 0 radical (unpaired) electrons. The number of benzene rings is 2. The molecular formula is C19H21FN2O3S. The Bertz CT molecular complexity index is 876. The molecule has 0 saturated heterocycles. The highest BCUT2D eigenvalue weighted by Gasteiger charge is 2.21. The number of carbonyl (C=O) groups is 1. The van der Waals surface area contributed by atoms with Crippen molar-refractivity contribution in [2.24, 2.45) is 0 Å². The summed E-state index contributed by atoms with van der Waals surface area (Å²) in [6, 6.07) is 11.1. The van der Waals surface area contributed by atoms with Crippen LogP contribution in [0.3, 0.4) is 0 Å². The van der Waals surface area contributed by atoms with Crippen LogP contribution in [0.15, 0.2) is 53.4 Å². The summed E-state index contributed by atoms with van der Waals surface area (Å²) in [6.45, 7) is 0. The first-order chi connectivity index (χ1) is 12.5. The van der Waals surface area contributed by atoms with Gasteiger partial charge in [0, 0.05) is 6.04 Å². The lowest BCUT2D eigenvalue weighted by Crippen LogP contribution is -2.36. The van der Waals surface area contributed by atoms with Crippen LogP contribution in [0, 0.1) is 5.82 Å². The first-order valence-corrected chi connectivity index (χ1v) is 10.1. The summed E-state index contributed by atoms with van der Waals surface area (Å²) in [6.07, 6.45) is 5.23. The Kier molecular flexibility index (Phi) is 5.56. The van der Waals surface area contributed by atoms with E-state index in [2.05, 4.69) is 10.0 Å². The Morgan fingerprint density at radius 1 is 0.962 bits per heavy atom. The monoisotopic (exact) mass is 376 g/mol. The largest absolute Gasteiger partial charge is 0.349 e. The van der Waals surface area contributed by atoms with E-state index >= 15 is 0 Å². The van der Waals surface area contributed by atoms with Gasteiger partial charge in [-0.2, -0.15) is 0 Å². The smallest absolute Gasteiger partial charge is 0.261 e. The van der Waals surface area contributed by atoms with Crippen LogP contribution in [0.1, 0.15) is 42.5 Å². The highest BCUT2D eigenvalue weighted by atomic mass is 32.2. The summed E-state index contributed by atoms with van der Waals surface area (Å²) in [5.41, 5.74) is 0.467. The Labute approximate surface area is 152 Å². The van der Waals surface area contributed by atoms with E-state index in [0.29, 0.717) is 0 Å². The first-order valence-electron chi connectivity index (χ1n) is 8.64. The third-order valence-electron chi connectivity index (χ3n) is 4.48. The quantitative estimate of drug-likeness (QED) is 0.836. The van der Waals surface area contributed by atoms with Crippen molar-refractivity contribution in [2.75, 3.05) is 4.72 Å². The number of amides is 1. The minimum atomic E-state index is -3.92. The Morgan fingerprint density at radius 2 is 1.62 bits per heavy atom. The molecule has 1 saturated carbocycles. The SMILES string of the molecule is O=C(NC1CCCCC1)c1ccccc1NS(=O)(=O)c1ccc(F)cc1. The van der Waals surface area contributed by atoms with Crippen molar-refractivity contribution in [3.8, 4) is 0 Å². The van der Waals surface area contributed by atoms with Crippen molar-refractivity contribution in [3.05, 3.63) is 59.9 Å². The van der Waals surface area contributed by atoms with E-state index in [1.165, 1.54) is 24.6 Å². The Hall–Kier alpha value is -2.41. The molecule has 2 N–H and O–H groups in total. The zero-order chi connectivity index (χ0) is 18.6. The molecule has 1 aliphatic rings. The molecule has 2 aromatic rings. The summed E-state index contributed by atoms with van der Waals surface area (Å²) >= 11 is 0. The molecule has 3 rings (SSSR count). The number of hydrogen-bond acceptors (Lipinski definition) is 3. The summed E-state index contributed by atoms with van der Waals surface area (Å²) in [4.78, 5) is 12.5. The molecule has 1 aliphatic carbocycles. The van der Waals surface area contributed by atoms with Crippen molar-refractivity contribution in [1.82, 2.24) is 5.32 Å². The average Bonchev–Trinajstić information content (AvgIpc) is 2.63. The van der Waals surface area contributed by atoms with Crippen molar-refractivity contribution in [3.63, 3.8) is 0 Å². The zero-order valence-corrected chi connectivity index (χ0v) is 15.1. The molecule has 2 aromatic carbocycles. The maximum absolute atomic E-state index is 13.0. The van der Waals surface area contributed by atoms with Gasteiger partial charge in [0.25, 0.3) is 15.9 Å². The van der Waals surface area contributed by atoms with Crippen LogP contribution in [0.2, 0.25) is 0 Å². The molecule has 7 heteroatoms. The lowest BCUT2D eigenvalue weighted by Gasteiger charge is -2.23. The molecule has 0 aliphatic heterocycles. The van der Waals surface area contributed by atoms with E-state index in [-0.39, 0.29) is 28.1 Å². The summed E-state index contributed by atoms with van der Waals surface area (Å²) in [7, 11) is -3.92. The van der Waals surface area contributed by atoms with Gasteiger partial charge in [-0.1, -0.05) is 31.4 Å². The molecule has 0 aromatic heterocycles. The standard InChI is InChI=1S/C19H21FN2O3S/c20-14-10-12-16(13-11-14)26(24,25)22-18-9-5-4-8-17(18)19(23)21-15-6-2-1-3-7-15/h4-5,8-13,15,22H,1-3,6-7H2,(H,21,23). The number of anilines is 1. The van der Waals surface area contributed by atoms with E-state index in [0.717, 1.165) is 37.8 Å². The second-order valence-corrected chi connectivity index (χ2v) is 8.10. The zero-order valence-electron chi connectivity index (χ0n) is 14.2. The van der Waals surface area contributed by atoms with Gasteiger partial charge in [0.05, 0.1) is 16.1 Å². The van der Waals surface area contributed by atoms with E-state index in [1.807, 2.05) is 0 Å². The Balaban J connectivity index is 1.80. The molecule has 0 unspecified atom stereocenters. The minimum Gasteiger partial charge on any atom is -0.349 e. The number of nitrogens with one attached hydrogen (secondary N) is 2. The number of sulfonamides is 1. The number of para-hydroxylation sites is 1. The molecule has 0 heterocycles. The summed E-state index contributed by atoms with van der Waals surface area (Å²) < 4.78 is 40.5. The lowest BCUT2D eigenvalue weighted by atomic mass is 9.95. The average molecular weight is 376 g/mol. The second-order valence-electron chi connectivity index (χ2n) is 6.41. The number of halogens is 1. The van der Waals surface area contributed by atoms with Gasteiger partial charge in [0.1, 0.15) is 5.82 Å². The van der Waals surface area contributed by atoms with Gasteiger partial charge < -0.3 is 5.32 Å². The normalized spacial score (nSPS) is 15.4. The molecule has 0 spiro atoms. The van der Waals surface area contributed by atoms with Gasteiger partial charge in [-0.3, -0.25) is 9.52 Å². The van der Waals surface area contributed by atoms with E-state index in [9.17, 15) is 17.6 Å². The van der Waals surface area contributed by atoms with Crippen LogP contribution in [0.4, 0.5) is 10.1 Å². The van der Waals surface area contributed by atoms with Crippen LogP contribution in [-0.4, -0.2) is 20.4 Å². The highest BCUT2D eigenvalue weighted by Crippen LogP contribution is 2.22. The molecule has 138 valence electrons. The van der Waals surface area contributed by atoms with Crippen molar-refractivity contribution >= 4 is 21.6 Å². The van der Waals surface area contributed by atoms with Crippen molar-refractivity contribution in [1.29, 1.82) is 0 Å². The van der Waals surface area contributed by atoms with Gasteiger partial charge in [-0.15, -0.1) is 0 Å². The molecule has 26 heavy (non-hydrogen) atoms. The van der Waals surface area contributed by atoms with Gasteiger partial charge >= 0.3 is 0 Å². The van der Waals surface area contributed by atoms with E-state index in [4.69, 9.17) is 0 Å². The highest BCUT2D eigenvalue weighted by molar-refractivity contribution is 7.92. The molecular weight excluding hydrogens is 355 g/mol. The lowest BCUT2D eigenvalue weighted by molar-refractivity contribution is 0.0928. The Morgan fingerprint density at radius 3 is 2.31 bits per heavy atom. The van der Waals surface area contributed by atoms with Crippen LogP contribution >= 0.6 is 0 Å². The fourth-order valence-corrected chi connectivity index (χ4v) is 4.18. The predicted molar refractivity (Wildman–Crippen MR) is 98.0 cm³/mol. The fourth-order valence-electron chi connectivity index (χ4n) is 3.10. The van der Waals surface area contributed by atoms with Gasteiger partial charge in [-0.05, 0) is 49.2 Å². The summed E-state index contributed by atoms with van der Waals surface area (Å²) in [5.74, 6) is -0.814. The summed E-state index contributed by atoms with van der Waals surface area (Å²) in [5, 5.41) is 2.99. The maximum atomic E-state index is 13.0. The second kappa shape index (κ2) is 7.86. The predicted octanol–water partition coefficient (Wildman–Crippen LogP) is 3.69. The minimum absolute atomic E-state index is 0.0682. The van der Waals surface area contributed by atoms with Crippen LogP contribution in [0.5, 0.6) is 0 Å². The first kappa shape index (κ1) is 18.4. The van der Waals surface area contributed by atoms with Crippen molar-refractivity contribution < 1.29 is 17.6 Å². The van der Waals surface area contributed by atoms with E-state index in [1.54, 1.807) is 18.2 Å². The van der Waals surface area contributed by atoms with Crippen molar-refractivity contribution in [2.45, 2.75) is 43.0 Å². The van der Waals surface area contributed by atoms with Crippen LogP contribution in [0.25, 0.3) is 0 Å². The van der Waals surface area contributed by atoms with Gasteiger partial charge in [-0.25, -0.2) is 12.8 Å². The van der Waals surface area contributed by atoms with Gasteiger partial charge in [0.15, 0.2) is 0 Å². The van der Waals surface area contributed by atoms with Gasteiger partial charge in [0.2, 0.25) is 0 Å². The third kappa shape index (κ3) is 4.40. The molecule has 0 bridgehead atoms. The van der Waals surface area contributed by atoms with E-state index < -0.39 is 15.8 Å². The molecule has 1 amide bonds. The number of rotatable bonds is 5.